The van der Waals surface area contributed by atoms with Gasteiger partial charge in [0.2, 0.25) is 0 Å². The minimum atomic E-state index is -0.217. The summed E-state index contributed by atoms with van der Waals surface area (Å²) in [6.45, 7) is 7.00. The van der Waals surface area contributed by atoms with Crippen molar-refractivity contribution in [2.24, 2.45) is 5.92 Å². The smallest absolute Gasteiger partial charge is 0.0950 e. The first-order chi connectivity index (χ1) is 7.09. The maximum atomic E-state index is 9.23. The predicted octanol–water partition coefficient (Wildman–Crippen LogP) is 2.34. The molecule has 1 aromatic rings. The van der Waals surface area contributed by atoms with Crippen LogP contribution >= 0.6 is 0 Å². The molecule has 0 bridgehead atoms. The molecule has 3 atom stereocenters. The van der Waals surface area contributed by atoms with E-state index in [1.54, 1.807) is 12.5 Å². The van der Waals surface area contributed by atoms with Crippen molar-refractivity contribution in [3.05, 3.63) is 24.2 Å². The number of aliphatic hydroxyl groups excluding tert-OH is 1. The van der Waals surface area contributed by atoms with Gasteiger partial charge in [-0.3, -0.25) is 0 Å². The molecule has 1 rings (SSSR count). The zero-order chi connectivity index (χ0) is 11.3. The van der Waals surface area contributed by atoms with Gasteiger partial charge in [0.1, 0.15) is 0 Å². The van der Waals surface area contributed by atoms with Crippen molar-refractivity contribution >= 4 is 0 Å². The molecule has 2 N–H and O–H groups in total. The summed E-state index contributed by atoms with van der Waals surface area (Å²) in [5.41, 5.74) is 1.17. The fraction of sp³-hybridized carbons (Fsp3) is 0.667. The van der Waals surface area contributed by atoms with Gasteiger partial charge in [-0.05, 0) is 38.8 Å². The van der Waals surface area contributed by atoms with E-state index in [0.717, 1.165) is 13.0 Å². The van der Waals surface area contributed by atoms with E-state index in [1.165, 1.54) is 5.56 Å². The van der Waals surface area contributed by atoms with Crippen LogP contribution in [0.4, 0.5) is 0 Å². The summed E-state index contributed by atoms with van der Waals surface area (Å²) in [6, 6.07) is 2.27. The van der Waals surface area contributed by atoms with E-state index < -0.39 is 0 Å². The topological polar surface area (TPSA) is 45.4 Å². The van der Waals surface area contributed by atoms with E-state index in [2.05, 4.69) is 19.2 Å². The molecule has 1 heterocycles. The van der Waals surface area contributed by atoms with Gasteiger partial charge >= 0.3 is 0 Å². The minimum Gasteiger partial charge on any atom is -0.472 e. The first kappa shape index (κ1) is 12.3. The molecular weight excluding hydrogens is 190 g/mol. The first-order valence-electron chi connectivity index (χ1n) is 5.53. The second-order valence-corrected chi connectivity index (χ2v) is 4.38. The van der Waals surface area contributed by atoms with Gasteiger partial charge in [0.25, 0.3) is 0 Å². The van der Waals surface area contributed by atoms with Crippen molar-refractivity contribution in [3.63, 3.8) is 0 Å². The van der Waals surface area contributed by atoms with E-state index in [9.17, 15) is 5.11 Å². The van der Waals surface area contributed by atoms with Crippen LogP contribution in [0.3, 0.4) is 0 Å². The van der Waals surface area contributed by atoms with Crippen LogP contribution in [-0.4, -0.2) is 17.8 Å². The van der Waals surface area contributed by atoms with Crippen LogP contribution in [0.5, 0.6) is 0 Å². The molecule has 15 heavy (non-hydrogen) atoms. The summed E-state index contributed by atoms with van der Waals surface area (Å²) >= 11 is 0. The molecule has 0 aliphatic rings. The summed E-state index contributed by atoms with van der Waals surface area (Å²) in [4.78, 5) is 0. The minimum absolute atomic E-state index is 0.217. The Balaban J connectivity index is 2.25. The number of furan rings is 1. The molecule has 1 aromatic heterocycles. The molecular formula is C12H21NO2. The lowest BCUT2D eigenvalue weighted by Gasteiger charge is -2.17. The van der Waals surface area contributed by atoms with Crippen LogP contribution in [-0.2, 0) is 0 Å². The molecule has 0 aliphatic heterocycles. The van der Waals surface area contributed by atoms with Crippen molar-refractivity contribution in [2.45, 2.75) is 39.3 Å². The summed E-state index contributed by atoms with van der Waals surface area (Å²) < 4.78 is 5.03. The lowest BCUT2D eigenvalue weighted by Crippen LogP contribution is -2.25. The molecule has 3 unspecified atom stereocenters. The average Bonchev–Trinajstić information content (AvgIpc) is 2.65. The summed E-state index contributed by atoms with van der Waals surface area (Å²) in [5, 5.41) is 12.6. The van der Waals surface area contributed by atoms with Crippen LogP contribution in [0, 0.1) is 5.92 Å². The van der Waals surface area contributed by atoms with Gasteiger partial charge in [0.05, 0.1) is 18.6 Å². The second-order valence-electron chi connectivity index (χ2n) is 4.38. The van der Waals surface area contributed by atoms with E-state index >= 15 is 0 Å². The van der Waals surface area contributed by atoms with Crippen molar-refractivity contribution in [1.29, 1.82) is 0 Å². The molecule has 0 fully saturated rings. The van der Waals surface area contributed by atoms with Gasteiger partial charge in [-0.15, -0.1) is 0 Å². The molecule has 0 saturated carbocycles. The highest BCUT2D eigenvalue weighted by Crippen LogP contribution is 2.13. The van der Waals surface area contributed by atoms with Gasteiger partial charge in [0, 0.05) is 11.6 Å². The summed E-state index contributed by atoms with van der Waals surface area (Å²) in [6.07, 6.45) is 4.07. The lowest BCUT2D eigenvalue weighted by atomic mass is 10.0. The van der Waals surface area contributed by atoms with Gasteiger partial charge in [-0.1, -0.05) is 6.92 Å². The van der Waals surface area contributed by atoms with Crippen LogP contribution in [0.2, 0.25) is 0 Å². The van der Waals surface area contributed by atoms with Gasteiger partial charge in [-0.2, -0.15) is 0 Å². The molecule has 0 saturated heterocycles. The van der Waals surface area contributed by atoms with E-state index in [-0.39, 0.29) is 6.10 Å². The molecule has 0 radical (unpaired) electrons. The van der Waals surface area contributed by atoms with Crippen molar-refractivity contribution in [1.82, 2.24) is 5.32 Å². The predicted molar refractivity (Wildman–Crippen MR) is 60.6 cm³/mol. The number of hydrogen-bond donors (Lipinski definition) is 2. The maximum Gasteiger partial charge on any atom is 0.0950 e. The highest BCUT2D eigenvalue weighted by Gasteiger charge is 2.09. The Bertz CT molecular complexity index is 257. The summed E-state index contributed by atoms with van der Waals surface area (Å²) in [7, 11) is 0. The third-order valence-electron chi connectivity index (χ3n) is 2.56. The quantitative estimate of drug-likeness (QED) is 0.759. The van der Waals surface area contributed by atoms with Crippen LogP contribution in [0.1, 0.15) is 38.8 Å². The van der Waals surface area contributed by atoms with Crippen LogP contribution in [0.25, 0.3) is 0 Å². The number of hydrogen-bond acceptors (Lipinski definition) is 3. The van der Waals surface area contributed by atoms with Crippen molar-refractivity contribution in [3.8, 4) is 0 Å². The molecule has 0 amide bonds. The largest absolute Gasteiger partial charge is 0.472 e. The molecule has 0 spiro atoms. The molecule has 0 aliphatic carbocycles. The molecule has 86 valence electrons. The van der Waals surface area contributed by atoms with Gasteiger partial charge < -0.3 is 14.8 Å². The fourth-order valence-corrected chi connectivity index (χ4v) is 1.68. The maximum absolute atomic E-state index is 9.23. The van der Waals surface area contributed by atoms with E-state index in [0.29, 0.717) is 12.0 Å². The first-order valence-corrected chi connectivity index (χ1v) is 5.53. The Morgan fingerprint density at radius 1 is 1.40 bits per heavy atom. The van der Waals surface area contributed by atoms with E-state index in [1.807, 2.05) is 13.0 Å². The highest BCUT2D eigenvalue weighted by atomic mass is 16.3. The third-order valence-corrected chi connectivity index (χ3v) is 2.56. The highest BCUT2D eigenvalue weighted by molar-refractivity contribution is 5.10. The number of aliphatic hydroxyl groups is 1. The lowest BCUT2D eigenvalue weighted by molar-refractivity contribution is 0.162. The van der Waals surface area contributed by atoms with Crippen LogP contribution < -0.4 is 5.32 Å². The Morgan fingerprint density at radius 2 is 2.13 bits per heavy atom. The third kappa shape index (κ3) is 4.49. The normalized spacial score (nSPS) is 17.3. The summed E-state index contributed by atoms with van der Waals surface area (Å²) in [5.74, 6) is 0.486. The number of rotatable bonds is 6. The zero-order valence-electron chi connectivity index (χ0n) is 9.73. The Kier molecular flexibility index (Phi) is 4.85. The van der Waals surface area contributed by atoms with E-state index in [4.69, 9.17) is 4.42 Å². The SMILES string of the molecule is CC(O)CC(C)CNC(C)c1ccoc1. The van der Waals surface area contributed by atoms with Crippen molar-refractivity contribution in [2.75, 3.05) is 6.54 Å². The molecule has 3 nitrogen and oxygen atoms in total. The number of nitrogens with one attached hydrogen (secondary N) is 1. The fourth-order valence-electron chi connectivity index (χ4n) is 1.68. The Labute approximate surface area is 91.5 Å². The zero-order valence-corrected chi connectivity index (χ0v) is 9.73. The average molecular weight is 211 g/mol. The second kappa shape index (κ2) is 5.93. The molecule has 3 heteroatoms. The standard InChI is InChI=1S/C12H21NO2/c1-9(6-10(2)14)7-13-11(3)12-4-5-15-8-12/h4-5,8-11,13-14H,6-7H2,1-3H3. The van der Waals surface area contributed by atoms with Gasteiger partial charge in [-0.25, -0.2) is 0 Å². The van der Waals surface area contributed by atoms with Crippen molar-refractivity contribution < 1.29 is 9.52 Å². The monoisotopic (exact) mass is 211 g/mol. The Morgan fingerprint density at radius 3 is 2.67 bits per heavy atom. The Hall–Kier alpha value is -0.800. The van der Waals surface area contributed by atoms with Gasteiger partial charge in [0.15, 0.2) is 0 Å². The van der Waals surface area contributed by atoms with Crippen LogP contribution in [0.15, 0.2) is 23.0 Å². The molecule has 0 aromatic carbocycles.